The Hall–Kier alpha value is -3.03. The summed E-state index contributed by atoms with van der Waals surface area (Å²) < 4.78 is 33.8. The molecular formula is C24H25ClN2O4S. The molecule has 6 nitrogen and oxygen atoms in total. The van der Waals surface area contributed by atoms with Crippen LogP contribution in [0.2, 0.25) is 5.02 Å². The van der Waals surface area contributed by atoms with Gasteiger partial charge in [-0.05, 0) is 62.7 Å². The summed E-state index contributed by atoms with van der Waals surface area (Å²) in [5.41, 5.74) is 3.76. The molecule has 0 unspecified atom stereocenters. The normalized spacial score (nSPS) is 11.1. The highest BCUT2D eigenvalue weighted by molar-refractivity contribution is 7.92. The number of anilines is 1. The second kappa shape index (κ2) is 10.1. The maximum absolute atomic E-state index is 12.8. The predicted octanol–water partition coefficient (Wildman–Crippen LogP) is 4.87. The minimum absolute atomic E-state index is 0.0272. The topological polar surface area (TPSA) is 84.5 Å². The van der Waals surface area contributed by atoms with Crippen LogP contribution in [0, 0.1) is 20.8 Å². The molecule has 168 valence electrons. The Balaban J connectivity index is 1.64. The maximum atomic E-state index is 12.8. The Labute approximate surface area is 193 Å². The lowest BCUT2D eigenvalue weighted by atomic mass is 10.1. The van der Waals surface area contributed by atoms with Gasteiger partial charge in [-0.2, -0.15) is 0 Å². The van der Waals surface area contributed by atoms with Crippen molar-refractivity contribution in [2.45, 2.75) is 25.7 Å². The number of hydrogen-bond acceptors (Lipinski definition) is 4. The summed E-state index contributed by atoms with van der Waals surface area (Å²) >= 11 is 6.13. The molecule has 0 aliphatic rings. The molecule has 1 amide bonds. The Morgan fingerprint density at radius 2 is 1.62 bits per heavy atom. The van der Waals surface area contributed by atoms with Crippen molar-refractivity contribution < 1.29 is 17.9 Å². The summed E-state index contributed by atoms with van der Waals surface area (Å²) in [6.07, 6.45) is 0. The van der Waals surface area contributed by atoms with E-state index in [2.05, 4.69) is 10.0 Å². The maximum Gasteiger partial charge on any atom is 0.263 e. The third kappa shape index (κ3) is 6.02. The first-order valence-electron chi connectivity index (χ1n) is 10.0. The summed E-state index contributed by atoms with van der Waals surface area (Å²) in [5.74, 6) is 0.338. The summed E-state index contributed by atoms with van der Waals surface area (Å²) in [5, 5.41) is 2.76. The van der Waals surface area contributed by atoms with Gasteiger partial charge in [0.05, 0.1) is 11.6 Å². The lowest BCUT2D eigenvalue weighted by Gasteiger charge is -2.12. The average molecular weight is 473 g/mol. The van der Waals surface area contributed by atoms with Crippen molar-refractivity contribution >= 4 is 33.2 Å². The van der Waals surface area contributed by atoms with Crippen LogP contribution < -0.4 is 14.8 Å². The van der Waals surface area contributed by atoms with Crippen molar-refractivity contribution in [3.05, 3.63) is 87.9 Å². The van der Waals surface area contributed by atoms with Crippen LogP contribution in [0.5, 0.6) is 5.75 Å². The number of benzene rings is 3. The Morgan fingerprint density at radius 3 is 2.31 bits per heavy atom. The SMILES string of the molecule is Cc1ccc(NS(=O)(=O)c2cc(C(=O)NCCOc3ccc(C)cc3C)ccc2Cl)cc1. The number of rotatable bonds is 8. The Kier molecular flexibility index (Phi) is 7.43. The van der Waals surface area contributed by atoms with Gasteiger partial charge in [0.15, 0.2) is 0 Å². The number of sulfonamides is 1. The van der Waals surface area contributed by atoms with Gasteiger partial charge in [-0.25, -0.2) is 8.42 Å². The molecular weight excluding hydrogens is 448 g/mol. The first-order valence-corrected chi connectivity index (χ1v) is 11.9. The number of halogens is 1. The number of ether oxygens (including phenoxy) is 1. The smallest absolute Gasteiger partial charge is 0.263 e. The van der Waals surface area contributed by atoms with Crippen LogP contribution in [0.4, 0.5) is 5.69 Å². The Bertz CT molecular complexity index is 1230. The second-order valence-corrected chi connectivity index (χ2v) is 9.55. The minimum atomic E-state index is -3.97. The quantitative estimate of drug-likeness (QED) is 0.458. The highest BCUT2D eigenvalue weighted by Crippen LogP contribution is 2.25. The summed E-state index contributed by atoms with van der Waals surface area (Å²) in [6, 6.07) is 16.9. The van der Waals surface area contributed by atoms with Crippen molar-refractivity contribution in [1.82, 2.24) is 5.32 Å². The van der Waals surface area contributed by atoms with Gasteiger partial charge < -0.3 is 10.1 Å². The monoisotopic (exact) mass is 472 g/mol. The van der Waals surface area contributed by atoms with Gasteiger partial charge in [0.1, 0.15) is 17.3 Å². The van der Waals surface area contributed by atoms with Crippen LogP contribution in [0.15, 0.2) is 65.6 Å². The number of hydrogen-bond donors (Lipinski definition) is 2. The lowest BCUT2D eigenvalue weighted by Crippen LogP contribution is -2.28. The van der Waals surface area contributed by atoms with E-state index in [0.29, 0.717) is 5.69 Å². The van der Waals surface area contributed by atoms with Crippen molar-refractivity contribution in [1.29, 1.82) is 0 Å². The zero-order chi connectivity index (χ0) is 23.3. The zero-order valence-corrected chi connectivity index (χ0v) is 19.7. The van der Waals surface area contributed by atoms with E-state index in [1.165, 1.54) is 18.2 Å². The molecule has 8 heteroatoms. The van der Waals surface area contributed by atoms with Gasteiger partial charge in [0.2, 0.25) is 0 Å². The van der Waals surface area contributed by atoms with E-state index in [1.807, 2.05) is 39.0 Å². The molecule has 2 N–H and O–H groups in total. The van der Waals surface area contributed by atoms with Crippen molar-refractivity contribution in [3.63, 3.8) is 0 Å². The molecule has 0 atom stereocenters. The number of carbonyl (C=O) groups is 1. The summed E-state index contributed by atoms with van der Waals surface area (Å²) in [6.45, 7) is 6.42. The summed E-state index contributed by atoms with van der Waals surface area (Å²) in [7, 11) is -3.97. The molecule has 32 heavy (non-hydrogen) atoms. The van der Waals surface area contributed by atoms with Crippen LogP contribution in [-0.2, 0) is 10.0 Å². The first-order chi connectivity index (χ1) is 15.2. The van der Waals surface area contributed by atoms with E-state index >= 15 is 0 Å². The minimum Gasteiger partial charge on any atom is -0.491 e. The fraction of sp³-hybridized carbons (Fsp3) is 0.208. The van der Waals surface area contributed by atoms with Gasteiger partial charge in [0.25, 0.3) is 15.9 Å². The fourth-order valence-corrected chi connectivity index (χ4v) is 4.66. The molecule has 0 aliphatic carbocycles. The molecule has 0 saturated heterocycles. The van der Waals surface area contributed by atoms with Crippen molar-refractivity contribution in [3.8, 4) is 5.75 Å². The van der Waals surface area contributed by atoms with Gasteiger partial charge in [-0.3, -0.25) is 9.52 Å². The highest BCUT2D eigenvalue weighted by atomic mass is 35.5. The standard InChI is InChI=1S/C24H25ClN2O4S/c1-16-4-8-20(9-5-16)27-32(29,30)23-15-19(7-10-21(23)25)24(28)26-12-13-31-22-11-6-17(2)14-18(22)3/h4-11,14-15,27H,12-13H2,1-3H3,(H,26,28). The second-order valence-electron chi connectivity index (χ2n) is 7.49. The highest BCUT2D eigenvalue weighted by Gasteiger charge is 2.20. The average Bonchev–Trinajstić information content (AvgIpc) is 2.74. The van der Waals surface area contributed by atoms with E-state index in [4.69, 9.17) is 16.3 Å². The first kappa shape index (κ1) is 23.6. The van der Waals surface area contributed by atoms with E-state index in [9.17, 15) is 13.2 Å². The van der Waals surface area contributed by atoms with Crippen LogP contribution in [0.1, 0.15) is 27.0 Å². The Morgan fingerprint density at radius 1 is 0.938 bits per heavy atom. The fourth-order valence-electron chi connectivity index (χ4n) is 3.07. The van der Waals surface area contributed by atoms with Crippen LogP contribution >= 0.6 is 11.6 Å². The summed E-state index contributed by atoms with van der Waals surface area (Å²) in [4.78, 5) is 12.4. The van der Waals surface area contributed by atoms with Crippen LogP contribution in [0.3, 0.4) is 0 Å². The van der Waals surface area contributed by atoms with E-state index in [-0.39, 0.29) is 28.6 Å². The molecule has 0 radical (unpaired) electrons. The predicted molar refractivity (Wildman–Crippen MR) is 127 cm³/mol. The molecule has 3 aromatic rings. The molecule has 3 aromatic carbocycles. The van der Waals surface area contributed by atoms with Gasteiger partial charge >= 0.3 is 0 Å². The molecule has 0 aliphatic heterocycles. The van der Waals surface area contributed by atoms with Gasteiger partial charge in [0, 0.05) is 11.3 Å². The largest absolute Gasteiger partial charge is 0.491 e. The van der Waals surface area contributed by atoms with Gasteiger partial charge in [-0.1, -0.05) is 47.0 Å². The van der Waals surface area contributed by atoms with Crippen LogP contribution in [-0.4, -0.2) is 27.5 Å². The van der Waals surface area contributed by atoms with Gasteiger partial charge in [-0.15, -0.1) is 0 Å². The number of carbonyl (C=O) groups excluding carboxylic acids is 1. The third-order valence-electron chi connectivity index (χ3n) is 4.76. The molecule has 0 saturated carbocycles. The molecule has 0 aromatic heterocycles. The number of nitrogens with one attached hydrogen (secondary N) is 2. The van der Waals surface area contributed by atoms with E-state index in [0.717, 1.165) is 22.4 Å². The molecule has 3 rings (SSSR count). The molecule has 0 heterocycles. The molecule has 0 spiro atoms. The van der Waals surface area contributed by atoms with Crippen molar-refractivity contribution in [2.24, 2.45) is 0 Å². The van der Waals surface area contributed by atoms with E-state index < -0.39 is 15.9 Å². The third-order valence-corrected chi connectivity index (χ3v) is 6.63. The van der Waals surface area contributed by atoms with E-state index in [1.54, 1.807) is 24.3 Å². The molecule has 0 fully saturated rings. The lowest BCUT2D eigenvalue weighted by molar-refractivity contribution is 0.0946. The van der Waals surface area contributed by atoms with Crippen LogP contribution in [0.25, 0.3) is 0 Å². The van der Waals surface area contributed by atoms with Crippen molar-refractivity contribution in [2.75, 3.05) is 17.9 Å². The zero-order valence-electron chi connectivity index (χ0n) is 18.1. The number of aryl methyl sites for hydroxylation is 3. The molecule has 0 bridgehead atoms. The number of amides is 1.